The van der Waals surface area contributed by atoms with Gasteiger partial charge < -0.3 is 64.9 Å². The van der Waals surface area contributed by atoms with Gasteiger partial charge in [0.25, 0.3) is 0 Å². The van der Waals surface area contributed by atoms with Crippen LogP contribution < -0.4 is 0 Å². The van der Waals surface area contributed by atoms with E-state index < -0.39 is 15.3 Å². The molecule has 0 aromatic rings. The minimum Gasteiger partial charge on any atom is -0.377 e. The van der Waals surface area contributed by atoms with Crippen LogP contribution >= 0.6 is 0 Å². The van der Waals surface area contributed by atoms with E-state index in [9.17, 15) is 0 Å². The second-order valence-electron chi connectivity index (χ2n) is 3.12. The molecule has 0 atom stereocenters. The van der Waals surface area contributed by atoms with Gasteiger partial charge in [-0.2, -0.15) is 0 Å². The van der Waals surface area contributed by atoms with Crippen LogP contribution in [0.2, 0.25) is 0 Å². The van der Waals surface area contributed by atoms with Gasteiger partial charge in [-0.1, -0.05) is 0 Å². The van der Waals surface area contributed by atoms with Gasteiger partial charge >= 0.3 is 37.3 Å². The molecule has 0 aromatic heterocycles. The van der Waals surface area contributed by atoms with Crippen LogP contribution in [0.3, 0.4) is 0 Å². The fourth-order valence-electron chi connectivity index (χ4n) is 0.880. The van der Waals surface area contributed by atoms with Crippen molar-refractivity contribution in [3.05, 3.63) is 46.0 Å². The summed E-state index contributed by atoms with van der Waals surface area (Å²) < 4.78 is 20.9. The van der Waals surface area contributed by atoms with Crippen LogP contribution in [0.15, 0.2) is 0 Å². The summed E-state index contributed by atoms with van der Waals surface area (Å²) in [5.41, 5.74) is 0. The van der Waals surface area contributed by atoms with Crippen LogP contribution in [0.4, 0.5) is 0 Å². The summed E-state index contributed by atoms with van der Waals surface area (Å²) in [6.45, 7) is 5.14. The molecule has 1 fully saturated rings. The Bertz CT molecular complexity index is 238. The average molecular weight is 529 g/mol. The van der Waals surface area contributed by atoms with E-state index in [1.165, 1.54) is 0 Å². The van der Waals surface area contributed by atoms with Crippen molar-refractivity contribution in [3.8, 4) is 0 Å². The van der Waals surface area contributed by atoms with Crippen molar-refractivity contribution in [2.45, 2.75) is 0 Å². The SMILES string of the molecule is C1COCCOCCOCCO1.O=[N+]([O-])[O-].O=[N+]([O-])[O-].O=[N+]([O-])[O-].[Er+3]. The van der Waals surface area contributed by atoms with Crippen molar-refractivity contribution in [2.24, 2.45) is 0 Å². The molecule has 1 saturated heterocycles. The first-order chi connectivity index (χ1) is 11.2. The normalized spacial score (nSPS) is 14.4. The van der Waals surface area contributed by atoms with Gasteiger partial charge in [-0.25, -0.2) is 0 Å². The third-order valence-electron chi connectivity index (χ3n) is 1.49. The Hall–Kier alpha value is -1.31. The maximum absolute atomic E-state index is 8.25. The fourth-order valence-corrected chi connectivity index (χ4v) is 0.880. The van der Waals surface area contributed by atoms with Crippen molar-refractivity contribution in [1.82, 2.24) is 0 Å². The maximum Gasteiger partial charge on any atom is 3.00 e. The van der Waals surface area contributed by atoms with Gasteiger partial charge in [0.1, 0.15) is 0 Å². The van der Waals surface area contributed by atoms with Crippen LogP contribution in [0, 0.1) is 83.3 Å². The molecule has 17 heteroatoms. The molecule has 0 aliphatic carbocycles. The monoisotopic (exact) mass is 528 g/mol. The number of hydrogen-bond acceptors (Lipinski definition) is 13. The van der Waals surface area contributed by atoms with E-state index in [-0.39, 0.29) is 37.3 Å². The van der Waals surface area contributed by atoms with E-state index in [0.717, 1.165) is 0 Å². The third kappa shape index (κ3) is 85.0. The molecule has 0 bridgehead atoms. The second-order valence-corrected chi connectivity index (χ2v) is 3.12. The molecule has 153 valence electrons. The molecule has 1 aliphatic rings. The zero-order chi connectivity index (χ0) is 19.2. The Morgan fingerprint density at radius 1 is 0.440 bits per heavy atom. The van der Waals surface area contributed by atoms with Crippen LogP contribution in [-0.4, -0.2) is 68.1 Å². The van der Waals surface area contributed by atoms with Gasteiger partial charge in [0.15, 0.2) is 0 Å². The molecule has 1 aliphatic heterocycles. The fraction of sp³-hybridized carbons (Fsp3) is 1.00. The Balaban J connectivity index is -0.000000142. The molecule has 25 heavy (non-hydrogen) atoms. The first kappa shape index (κ1) is 31.5. The quantitative estimate of drug-likeness (QED) is 0.280. The summed E-state index contributed by atoms with van der Waals surface area (Å²) in [4.78, 5) is 24.8. The Labute approximate surface area is 170 Å². The standard InChI is InChI=1S/C8H16O4.Er.3NO3/c1-2-10-5-6-12-8-7-11-4-3-9-1;;3*2-1(3)4/h1-8H2;;;;/q;+3;3*-1. The topological polar surface area (TPSA) is 236 Å². The van der Waals surface area contributed by atoms with Gasteiger partial charge in [-0.15, -0.1) is 0 Å². The Kier molecular flexibility index (Phi) is 34.6. The molecule has 0 N–H and O–H groups in total. The molecule has 1 heterocycles. The van der Waals surface area contributed by atoms with E-state index >= 15 is 0 Å². The summed E-state index contributed by atoms with van der Waals surface area (Å²) in [5.74, 6) is 0. The molecule has 0 unspecified atom stereocenters. The first-order valence-electron chi connectivity index (χ1n) is 5.95. The minimum absolute atomic E-state index is 0. The zero-order valence-electron chi connectivity index (χ0n) is 12.6. The van der Waals surface area contributed by atoms with Crippen molar-refractivity contribution in [2.75, 3.05) is 52.9 Å². The average Bonchev–Trinajstić information content (AvgIpc) is 2.37. The minimum atomic E-state index is -1.75. The Morgan fingerprint density at radius 2 is 0.520 bits per heavy atom. The van der Waals surface area contributed by atoms with E-state index in [4.69, 9.17) is 64.9 Å². The van der Waals surface area contributed by atoms with E-state index in [1.807, 2.05) is 0 Å². The van der Waals surface area contributed by atoms with Crippen LogP contribution in [0.25, 0.3) is 0 Å². The molecular formula is C8H16ErN3O13. The molecule has 1 rings (SSSR count). The Morgan fingerprint density at radius 3 is 0.600 bits per heavy atom. The van der Waals surface area contributed by atoms with Crippen molar-refractivity contribution < 1.29 is 71.5 Å². The third-order valence-corrected chi connectivity index (χ3v) is 1.49. The molecular weight excluding hydrogens is 513 g/mol. The van der Waals surface area contributed by atoms with Crippen molar-refractivity contribution in [1.29, 1.82) is 0 Å². The van der Waals surface area contributed by atoms with Crippen molar-refractivity contribution in [3.63, 3.8) is 0 Å². The molecule has 0 aromatic carbocycles. The van der Waals surface area contributed by atoms with Gasteiger partial charge in [0.2, 0.25) is 0 Å². The number of ether oxygens (including phenoxy) is 4. The zero-order valence-corrected chi connectivity index (χ0v) is 14.4. The smallest absolute Gasteiger partial charge is 0.377 e. The summed E-state index contributed by atoms with van der Waals surface area (Å²) >= 11 is 0. The summed E-state index contributed by atoms with van der Waals surface area (Å²) in [6, 6.07) is 0. The predicted octanol–water partition coefficient (Wildman–Crippen LogP) is -0.651. The first-order valence-corrected chi connectivity index (χ1v) is 5.95. The summed E-state index contributed by atoms with van der Waals surface area (Å²) in [7, 11) is 0. The van der Waals surface area contributed by atoms with Crippen molar-refractivity contribution >= 4 is 0 Å². The molecule has 0 amide bonds. The van der Waals surface area contributed by atoms with Crippen LogP contribution in [-0.2, 0) is 18.9 Å². The van der Waals surface area contributed by atoms with Gasteiger partial charge in [-0.3, -0.25) is 0 Å². The summed E-state index contributed by atoms with van der Waals surface area (Å²) in [5, 5.41) is 44.2. The molecule has 0 saturated carbocycles. The second kappa shape index (κ2) is 27.5. The maximum atomic E-state index is 8.25. The molecule has 1 radical (unpaired) electrons. The van der Waals surface area contributed by atoms with Gasteiger partial charge in [0.05, 0.1) is 68.1 Å². The number of rotatable bonds is 0. The van der Waals surface area contributed by atoms with Crippen LogP contribution in [0.1, 0.15) is 0 Å². The van der Waals surface area contributed by atoms with Gasteiger partial charge in [0, 0.05) is 0 Å². The van der Waals surface area contributed by atoms with Crippen LogP contribution in [0.5, 0.6) is 0 Å². The molecule has 0 spiro atoms. The van der Waals surface area contributed by atoms with E-state index in [0.29, 0.717) is 52.9 Å². The van der Waals surface area contributed by atoms with E-state index in [2.05, 4.69) is 0 Å². The predicted molar refractivity (Wildman–Crippen MR) is 74.4 cm³/mol. The molecule has 16 nitrogen and oxygen atoms in total. The number of hydrogen-bond donors (Lipinski definition) is 0. The summed E-state index contributed by atoms with van der Waals surface area (Å²) in [6.07, 6.45) is 0. The van der Waals surface area contributed by atoms with Gasteiger partial charge in [-0.05, 0) is 0 Å². The largest absolute Gasteiger partial charge is 3.00 e. The number of nitrogens with zero attached hydrogens (tertiary/aromatic N) is 3. The van der Waals surface area contributed by atoms with E-state index in [1.54, 1.807) is 0 Å².